The average Bonchev–Trinajstić information content (AvgIpc) is 2.94. The summed E-state index contributed by atoms with van der Waals surface area (Å²) in [7, 11) is 1.86. The number of nitrogens with one attached hydrogen (secondary N) is 2. The van der Waals surface area contributed by atoms with E-state index in [0.717, 1.165) is 0 Å². The largest absolute Gasteiger partial charge is 0.326 e. The summed E-state index contributed by atoms with van der Waals surface area (Å²) in [5, 5.41) is 7.34. The number of rotatable bonds is 6. The number of aromatic nitrogens is 1. The molecule has 0 atom stereocenters. The summed E-state index contributed by atoms with van der Waals surface area (Å²) in [6.07, 6.45) is 0. The lowest BCUT2D eigenvalue weighted by Gasteiger charge is -2.19. The van der Waals surface area contributed by atoms with Gasteiger partial charge in [0.15, 0.2) is 5.13 Å². The molecule has 0 spiro atoms. The highest BCUT2D eigenvalue weighted by atomic mass is 32.1. The third kappa shape index (κ3) is 5.33. The van der Waals surface area contributed by atoms with Crippen molar-refractivity contribution < 1.29 is 14.0 Å². The van der Waals surface area contributed by atoms with Crippen LogP contribution in [0.2, 0.25) is 0 Å². The number of thiazole rings is 1. The minimum Gasteiger partial charge on any atom is -0.326 e. The van der Waals surface area contributed by atoms with Crippen LogP contribution >= 0.6 is 11.3 Å². The first kappa shape index (κ1) is 19.0. The molecule has 1 aromatic carbocycles. The van der Waals surface area contributed by atoms with Gasteiger partial charge in [-0.3, -0.25) is 14.5 Å². The lowest BCUT2D eigenvalue weighted by atomic mass is 10.1. The van der Waals surface area contributed by atoms with E-state index in [4.69, 9.17) is 0 Å². The Kier molecular flexibility index (Phi) is 6.22. The van der Waals surface area contributed by atoms with E-state index in [-0.39, 0.29) is 24.4 Å². The molecule has 2 amide bonds. The van der Waals surface area contributed by atoms with E-state index < -0.39 is 5.82 Å². The van der Waals surface area contributed by atoms with Crippen molar-refractivity contribution in [1.29, 1.82) is 0 Å². The Labute approximate surface area is 150 Å². The highest BCUT2D eigenvalue weighted by Crippen LogP contribution is 2.28. The first-order valence-corrected chi connectivity index (χ1v) is 8.67. The smallest absolute Gasteiger partial charge is 0.240 e. The highest BCUT2D eigenvalue weighted by molar-refractivity contribution is 7.14. The molecule has 1 aromatic heterocycles. The molecule has 2 rings (SSSR count). The quantitative estimate of drug-likeness (QED) is 0.826. The maximum Gasteiger partial charge on any atom is 0.240 e. The van der Waals surface area contributed by atoms with Crippen LogP contribution in [0, 0.1) is 5.82 Å². The summed E-state index contributed by atoms with van der Waals surface area (Å²) in [4.78, 5) is 29.2. The monoisotopic (exact) mass is 364 g/mol. The van der Waals surface area contributed by atoms with Gasteiger partial charge in [0.25, 0.3) is 0 Å². The molecule has 0 aliphatic heterocycles. The van der Waals surface area contributed by atoms with Crippen molar-refractivity contribution in [1.82, 2.24) is 9.88 Å². The molecule has 0 aliphatic rings. The van der Waals surface area contributed by atoms with Crippen LogP contribution in [0.15, 0.2) is 23.6 Å². The molecule has 1 heterocycles. The maximum atomic E-state index is 14.2. The second-order valence-electron chi connectivity index (χ2n) is 5.97. The second-order valence-corrected chi connectivity index (χ2v) is 6.83. The SMILES string of the molecule is CC(=O)Nc1ccc(-c2csc(NC(=O)CN(C)C(C)C)n2)c(F)c1. The Balaban J connectivity index is 2.08. The van der Waals surface area contributed by atoms with E-state index in [1.165, 1.54) is 24.3 Å². The molecule has 0 saturated carbocycles. The number of benzene rings is 1. The zero-order valence-corrected chi connectivity index (χ0v) is 15.4. The van der Waals surface area contributed by atoms with Gasteiger partial charge < -0.3 is 10.6 Å². The molecule has 0 saturated heterocycles. The minimum absolute atomic E-state index is 0.168. The van der Waals surface area contributed by atoms with Crippen molar-refractivity contribution in [3.05, 3.63) is 29.4 Å². The number of hydrogen-bond donors (Lipinski definition) is 2. The fraction of sp³-hybridized carbons (Fsp3) is 0.353. The van der Waals surface area contributed by atoms with Gasteiger partial charge in [-0.05, 0) is 39.1 Å². The molecule has 0 bridgehead atoms. The summed E-state index contributed by atoms with van der Waals surface area (Å²) in [6.45, 7) is 5.62. The van der Waals surface area contributed by atoms with E-state index in [0.29, 0.717) is 22.1 Å². The molecule has 0 radical (unpaired) electrons. The number of amides is 2. The molecule has 8 heteroatoms. The Bertz CT molecular complexity index is 776. The van der Waals surface area contributed by atoms with Gasteiger partial charge in [-0.1, -0.05) is 0 Å². The van der Waals surface area contributed by atoms with Crippen LogP contribution in [-0.2, 0) is 9.59 Å². The Morgan fingerprint density at radius 2 is 2.04 bits per heavy atom. The van der Waals surface area contributed by atoms with Crippen molar-refractivity contribution in [2.45, 2.75) is 26.8 Å². The fourth-order valence-electron chi connectivity index (χ4n) is 2.03. The fourth-order valence-corrected chi connectivity index (χ4v) is 2.75. The number of likely N-dealkylation sites (N-methyl/N-ethyl adjacent to an activating group) is 1. The molecule has 0 fully saturated rings. The number of nitrogens with zero attached hydrogens (tertiary/aromatic N) is 2. The lowest BCUT2D eigenvalue weighted by molar-refractivity contribution is -0.117. The topological polar surface area (TPSA) is 74.3 Å². The highest BCUT2D eigenvalue weighted by Gasteiger charge is 2.14. The van der Waals surface area contributed by atoms with Crippen LogP contribution in [0.5, 0.6) is 0 Å². The zero-order chi connectivity index (χ0) is 18.6. The summed E-state index contributed by atoms with van der Waals surface area (Å²) in [5.41, 5.74) is 1.13. The second kappa shape index (κ2) is 8.17. The van der Waals surface area contributed by atoms with Crippen LogP contribution in [0.25, 0.3) is 11.3 Å². The molecule has 25 heavy (non-hydrogen) atoms. The summed E-state index contributed by atoms with van der Waals surface area (Å²) >= 11 is 1.23. The van der Waals surface area contributed by atoms with Crippen molar-refractivity contribution in [3.63, 3.8) is 0 Å². The first-order valence-electron chi connectivity index (χ1n) is 7.79. The van der Waals surface area contributed by atoms with Crippen molar-refractivity contribution >= 4 is 34.0 Å². The van der Waals surface area contributed by atoms with Crippen LogP contribution in [0.4, 0.5) is 15.2 Å². The van der Waals surface area contributed by atoms with E-state index >= 15 is 0 Å². The number of halogens is 1. The lowest BCUT2D eigenvalue weighted by Crippen LogP contribution is -2.34. The van der Waals surface area contributed by atoms with Crippen LogP contribution in [-0.4, -0.2) is 41.3 Å². The molecule has 134 valence electrons. The number of carbonyl (C=O) groups excluding carboxylic acids is 2. The van der Waals surface area contributed by atoms with Gasteiger partial charge in [0.05, 0.1) is 12.2 Å². The van der Waals surface area contributed by atoms with Crippen molar-refractivity contribution in [2.24, 2.45) is 0 Å². The first-order chi connectivity index (χ1) is 11.8. The van der Waals surface area contributed by atoms with Crippen molar-refractivity contribution in [2.75, 3.05) is 24.2 Å². The Hall–Kier alpha value is -2.32. The molecular weight excluding hydrogens is 343 g/mol. The van der Waals surface area contributed by atoms with Crippen LogP contribution in [0.3, 0.4) is 0 Å². The van der Waals surface area contributed by atoms with Gasteiger partial charge in [-0.15, -0.1) is 11.3 Å². The Morgan fingerprint density at radius 3 is 2.64 bits per heavy atom. The van der Waals surface area contributed by atoms with Gasteiger partial charge in [0.2, 0.25) is 11.8 Å². The predicted octanol–water partition coefficient (Wildman–Crippen LogP) is 3.19. The van der Waals surface area contributed by atoms with Gasteiger partial charge in [0.1, 0.15) is 5.82 Å². The van der Waals surface area contributed by atoms with E-state index in [9.17, 15) is 14.0 Å². The molecule has 2 aromatic rings. The molecule has 2 N–H and O–H groups in total. The average molecular weight is 364 g/mol. The van der Waals surface area contributed by atoms with Gasteiger partial charge in [-0.2, -0.15) is 0 Å². The van der Waals surface area contributed by atoms with E-state index in [2.05, 4.69) is 15.6 Å². The third-order valence-corrected chi connectivity index (χ3v) is 4.35. The van der Waals surface area contributed by atoms with Gasteiger partial charge >= 0.3 is 0 Å². The molecular formula is C17H21FN4O2S. The molecule has 0 aliphatic carbocycles. The molecule has 6 nitrogen and oxygen atoms in total. The van der Waals surface area contributed by atoms with Crippen molar-refractivity contribution in [3.8, 4) is 11.3 Å². The summed E-state index contributed by atoms with van der Waals surface area (Å²) in [5.74, 6) is -0.926. The zero-order valence-electron chi connectivity index (χ0n) is 14.6. The predicted molar refractivity (Wildman–Crippen MR) is 98.2 cm³/mol. The van der Waals surface area contributed by atoms with Crippen LogP contribution in [0.1, 0.15) is 20.8 Å². The Morgan fingerprint density at radius 1 is 1.32 bits per heavy atom. The van der Waals surface area contributed by atoms with E-state index in [1.54, 1.807) is 17.5 Å². The van der Waals surface area contributed by atoms with Gasteiger partial charge in [-0.25, -0.2) is 9.37 Å². The number of carbonyl (C=O) groups is 2. The number of hydrogen-bond acceptors (Lipinski definition) is 5. The van der Waals surface area contributed by atoms with Crippen LogP contribution < -0.4 is 10.6 Å². The normalized spacial score (nSPS) is 11.0. The van der Waals surface area contributed by atoms with E-state index in [1.807, 2.05) is 25.8 Å². The standard InChI is InChI=1S/C17H21FN4O2S/c1-10(2)22(4)8-16(24)21-17-20-15(9-25-17)13-6-5-12(7-14(13)18)19-11(3)23/h5-7,9-10H,8H2,1-4H3,(H,19,23)(H,20,21,24). The third-order valence-electron chi connectivity index (χ3n) is 3.59. The maximum absolute atomic E-state index is 14.2. The van der Waals surface area contributed by atoms with Gasteiger partial charge in [0, 0.05) is 29.6 Å². The summed E-state index contributed by atoms with van der Waals surface area (Å²) < 4.78 is 14.2. The molecule has 0 unspecified atom stereocenters. The minimum atomic E-state index is -0.492. The summed E-state index contributed by atoms with van der Waals surface area (Å²) in [6, 6.07) is 4.66. The number of anilines is 2.